The van der Waals surface area contributed by atoms with Gasteiger partial charge in [-0.25, -0.2) is 4.79 Å². The second-order valence-corrected chi connectivity index (χ2v) is 7.92. The van der Waals surface area contributed by atoms with Gasteiger partial charge in [0.15, 0.2) is 5.54 Å². The van der Waals surface area contributed by atoms with E-state index in [0.717, 1.165) is 0 Å². The fraction of sp³-hybridized carbons (Fsp3) is 0.529. The SMILES string of the molecule is COC(=O)[C@@]1(C(O)c2ccccc2)CS[C@H]2CC(C)(C)C(=O)N21. The van der Waals surface area contributed by atoms with E-state index in [1.807, 2.05) is 19.9 Å². The van der Waals surface area contributed by atoms with Crippen molar-refractivity contribution < 1.29 is 19.4 Å². The normalized spacial score (nSPS) is 30.2. The summed E-state index contributed by atoms with van der Waals surface area (Å²) in [5.41, 5.74) is -1.29. The van der Waals surface area contributed by atoms with Gasteiger partial charge < -0.3 is 14.7 Å². The highest BCUT2D eigenvalue weighted by Gasteiger charge is 2.65. The van der Waals surface area contributed by atoms with E-state index in [1.165, 1.54) is 18.9 Å². The molecular weight excluding hydrogens is 314 g/mol. The molecule has 0 bridgehead atoms. The second kappa shape index (κ2) is 5.53. The Kier molecular flexibility index (Phi) is 3.92. The molecule has 2 aliphatic heterocycles. The molecule has 6 heteroatoms. The third-order valence-electron chi connectivity index (χ3n) is 4.80. The fourth-order valence-corrected chi connectivity index (χ4v) is 5.33. The van der Waals surface area contributed by atoms with E-state index in [9.17, 15) is 14.7 Å². The van der Waals surface area contributed by atoms with Crippen LogP contribution in [0.5, 0.6) is 0 Å². The van der Waals surface area contributed by atoms with Crippen molar-refractivity contribution in [1.82, 2.24) is 4.90 Å². The minimum Gasteiger partial charge on any atom is -0.467 e. The van der Waals surface area contributed by atoms with E-state index in [-0.39, 0.29) is 11.3 Å². The highest BCUT2D eigenvalue weighted by molar-refractivity contribution is 8.00. The van der Waals surface area contributed by atoms with Gasteiger partial charge in [0.2, 0.25) is 5.91 Å². The number of hydrogen-bond donors (Lipinski definition) is 1. The van der Waals surface area contributed by atoms with Gasteiger partial charge in [0.25, 0.3) is 0 Å². The lowest BCUT2D eigenvalue weighted by molar-refractivity contribution is -0.168. The molecule has 3 rings (SSSR count). The van der Waals surface area contributed by atoms with Crippen LogP contribution in [-0.2, 0) is 14.3 Å². The van der Waals surface area contributed by atoms with Crippen LogP contribution in [0.3, 0.4) is 0 Å². The molecule has 2 heterocycles. The first-order valence-corrected chi connectivity index (χ1v) is 8.66. The summed E-state index contributed by atoms with van der Waals surface area (Å²) in [6.07, 6.45) is -0.456. The van der Waals surface area contributed by atoms with Crippen molar-refractivity contribution in [1.29, 1.82) is 0 Å². The van der Waals surface area contributed by atoms with E-state index >= 15 is 0 Å². The summed E-state index contributed by atoms with van der Waals surface area (Å²) in [5.74, 6) is -0.329. The number of methoxy groups -OCH3 is 1. The predicted molar refractivity (Wildman–Crippen MR) is 87.6 cm³/mol. The lowest BCUT2D eigenvalue weighted by Gasteiger charge is -2.39. The summed E-state index contributed by atoms with van der Waals surface area (Å²) >= 11 is 1.54. The molecule has 23 heavy (non-hydrogen) atoms. The number of aliphatic hydroxyl groups is 1. The van der Waals surface area contributed by atoms with Crippen LogP contribution in [0, 0.1) is 5.41 Å². The van der Waals surface area contributed by atoms with E-state index in [0.29, 0.717) is 17.7 Å². The molecule has 2 fully saturated rings. The highest BCUT2D eigenvalue weighted by atomic mass is 32.2. The number of benzene rings is 1. The van der Waals surface area contributed by atoms with Gasteiger partial charge in [0.05, 0.1) is 12.5 Å². The summed E-state index contributed by atoms with van der Waals surface area (Å²) in [4.78, 5) is 27.1. The molecule has 3 atom stereocenters. The Morgan fingerprint density at radius 1 is 1.39 bits per heavy atom. The number of aliphatic hydroxyl groups excluding tert-OH is 1. The third-order valence-corrected chi connectivity index (χ3v) is 6.17. The van der Waals surface area contributed by atoms with Crippen molar-refractivity contribution in [3.05, 3.63) is 35.9 Å². The van der Waals surface area contributed by atoms with Gasteiger partial charge in [-0.2, -0.15) is 0 Å². The lowest BCUT2D eigenvalue weighted by atomic mass is 9.86. The van der Waals surface area contributed by atoms with Crippen molar-refractivity contribution >= 4 is 23.6 Å². The Morgan fingerprint density at radius 3 is 2.65 bits per heavy atom. The molecule has 1 N–H and O–H groups in total. The number of nitrogens with zero attached hydrogens (tertiary/aromatic N) is 1. The van der Waals surface area contributed by atoms with Crippen LogP contribution in [0.1, 0.15) is 31.9 Å². The monoisotopic (exact) mass is 335 g/mol. The Morgan fingerprint density at radius 2 is 2.04 bits per heavy atom. The average molecular weight is 335 g/mol. The number of thioether (sulfide) groups is 1. The van der Waals surface area contributed by atoms with Gasteiger partial charge in [0.1, 0.15) is 6.10 Å². The lowest BCUT2D eigenvalue weighted by Crippen LogP contribution is -2.60. The van der Waals surface area contributed by atoms with Crippen molar-refractivity contribution in [2.75, 3.05) is 12.9 Å². The first-order chi connectivity index (χ1) is 10.8. The van der Waals surface area contributed by atoms with Crippen LogP contribution in [-0.4, -0.2) is 45.7 Å². The van der Waals surface area contributed by atoms with Gasteiger partial charge in [-0.1, -0.05) is 44.2 Å². The fourth-order valence-electron chi connectivity index (χ4n) is 3.50. The molecule has 0 saturated carbocycles. The number of esters is 1. The Balaban J connectivity index is 2.09. The zero-order valence-electron chi connectivity index (χ0n) is 13.5. The Hall–Kier alpha value is -1.53. The molecule has 124 valence electrons. The van der Waals surface area contributed by atoms with Crippen molar-refractivity contribution in [2.45, 2.75) is 37.3 Å². The summed E-state index contributed by atoms with van der Waals surface area (Å²) in [6, 6.07) is 8.98. The summed E-state index contributed by atoms with van der Waals surface area (Å²) in [7, 11) is 1.30. The first kappa shape index (κ1) is 16.3. The molecule has 1 aromatic carbocycles. The number of hydrogen-bond acceptors (Lipinski definition) is 5. The molecule has 1 amide bonds. The molecule has 5 nitrogen and oxygen atoms in total. The quantitative estimate of drug-likeness (QED) is 0.856. The number of ether oxygens (including phenoxy) is 1. The van der Waals surface area contributed by atoms with Gasteiger partial charge >= 0.3 is 5.97 Å². The Labute approximate surface area is 140 Å². The smallest absolute Gasteiger partial charge is 0.335 e. The average Bonchev–Trinajstić information content (AvgIpc) is 3.02. The van der Waals surface area contributed by atoms with Crippen LogP contribution >= 0.6 is 11.8 Å². The molecule has 2 aliphatic rings. The van der Waals surface area contributed by atoms with Crippen LogP contribution in [0.25, 0.3) is 0 Å². The zero-order valence-corrected chi connectivity index (χ0v) is 14.3. The number of carbonyl (C=O) groups is 2. The summed E-state index contributed by atoms with van der Waals surface area (Å²) in [6.45, 7) is 3.76. The minimum absolute atomic E-state index is 0.102. The first-order valence-electron chi connectivity index (χ1n) is 7.61. The number of amides is 1. The van der Waals surface area contributed by atoms with Gasteiger partial charge in [-0.3, -0.25) is 4.79 Å². The van der Waals surface area contributed by atoms with Gasteiger partial charge in [-0.15, -0.1) is 11.8 Å². The maximum absolute atomic E-state index is 12.9. The number of fused-ring (bicyclic) bond motifs is 1. The van der Waals surface area contributed by atoms with E-state index in [2.05, 4.69) is 0 Å². The zero-order chi connectivity index (χ0) is 16.8. The summed E-state index contributed by atoms with van der Waals surface area (Å²) < 4.78 is 5.00. The summed E-state index contributed by atoms with van der Waals surface area (Å²) in [5, 5.41) is 10.9. The number of carbonyl (C=O) groups excluding carboxylic acids is 2. The predicted octanol–water partition coefficient (Wildman–Crippen LogP) is 1.96. The topological polar surface area (TPSA) is 66.8 Å². The van der Waals surface area contributed by atoms with E-state index in [4.69, 9.17) is 4.74 Å². The van der Waals surface area contributed by atoms with Crippen LogP contribution in [0.4, 0.5) is 0 Å². The molecule has 0 aliphatic carbocycles. The molecule has 1 aromatic rings. The van der Waals surface area contributed by atoms with Crippen LogP contribution in [0.15, 0.2) is 30.3 Å². The molecular formula is C17H21NO4S. The Bertz CT molecular complexity index is 633. The number of rotatable bonds is 3. The van der Waals surface area contributed by atoms with Crippen molar-refractivity contribution in [3.63, 3.8) is 0 Å². The van der Waals surface area contributed by atoms with Crippen LogP contribution < -0.4 is 0 Å². The molecule has 0 radical (unpaired) electrons. The molecule has 1 unspecified atom stereocenters. The van der Waals surface area contributed by atoms with Crippen molar-refractivity contribution in [2.24, 2.45) is 5.41 Å². The van der Waals surface area contributed by atoms with E-state index in [1.54, 1.807) is 29.2 Å². The standard InChI is InChI=1S/C17H21NO4S/c1-16(2)9-12-18(14(16)20)17(10-23-12,15(21)22-3)13(19)11-7-5-4-6-8-11/h4-8,12-13,19H,9-10H2,1-3H3/t12-,13?,17-/m0/s1. The second-order valence-electron chi connectivity index (χ2n) is 6.76. The van der Waals surface area contributed by atoms with Crippen LogP contribution in [0.2, 0.25) is 0 Å². The van der Waals surface area contributed by atoms with Gasteiger partial charge in [0, 0.05) is 11.2 Å². The highest BCUT2D eigenvalue weighted by Crippen LogP contribution is 2.53. The molecule has 0 spiro atoms. The van der Waals surface area contributed by atoms with E-state index < -0.39 is 23.0 Å². The maximum Gasteiger partial charge on any atom is 0.335 e. The van der Waals surface area contributed by atoms with Gasteiger partial charge in [-0.05, 0) is 12.0 Å². The third kappa shape index (κ3) is 2.27. The molecule has 0 aromatic heterocycles. The minimum atomic E-state index is -1.36. The largest absolute Gasteiger partial charge is 0.467 e. The maximum atomic E-state index is 12.9. The van der Waals surface area contributed by atoms with Crippen molar-refractivity contribution in [3.8, 4) is 0 Å². The molecule has 2 saturated heterocycles.